The van der Waals surface area contributed by atoms with Crippen molar-refractivity contribution in [3.8, 4) is 0 Å². The van der Waals surface area contributed by atoms with Gasteiger partial charge in [0.1, 0.15) is 5.52 Å². The molecular weight excluding hydrogens is 433 g/mol. The summed E-state index contributed by atoms with van der Waals surface area (Å²) in [5.74, 6) is 0.712. The molecule has 31 heavy (non-hydrogen) atoms. The molecule has 4 heterocycles. The van der Waals surface area contributed by atoms with E-state index in [1.807, 2.05) is 11.8 Å². The molecule has 0 saturated carbocycles. The third-order valence-electron chi connectivity index (χ3n) is 4.93. The van der Waals surface area contributed by atoms with Gasteiger partial charge in [0.15, 0.2) is 16.3 Å². The van der Waals surface area contributed by atoms with Crippen molar-refractivity contribution >= 4 is 45.2 Å². The van der Waals surface area contributed by atoms with Crippen molar-refractivity contribution in [1.82, 2.24) is 24.8 Å². The van der Waals surface area contributed by atoms with Gasteiger partial charge in [-0.3, -0.25) is 0 Å². The molecule has 164 valence electrons. The fraction of sp³-hybridized carbons (Fsp3) is 0.389. The maximum Gasteiger partial charge on any atom is 0.435 e. The average Bonchev–Trinajstić information content (AvgIpc) is 3.16. The van der Waals surface area contributed by atoms with Gasteiger partial charge >= 0.3 is 12.2 Å². The number of rotatable bonds is 2. The molecule has 1 aliphatic rings. The molecule has 0 aliphatic carbocycles. The van der Waals surface area contributed by atoms with Crippen molar-refractivity contribution in [3.63, 3.8) is 0 Å². The summed E-state index contributed by atoms with van der Waals surface area (Å²) in [4.78, 5) is 33.1. The molecular formula is C18H19F3N8OS. The largest absolute Gasteiger partial charge is 0.435 e. The number of pyridine rings is 1. The third kappa shape index (κ3) is 4.17. The monoisotopic (exact) mass is 452 g/mol. The predicted molar refractivity (Wildman–Crippen MR) is 111 cm³/mol. The summed E-state index contributed by atoms with van der Waals surface area (Å²) in [5, 5.41) is 2.35. The van der Waals surface area contributed by atoms with E-state index in [-0.39, 0.29) is 36.5 Å². The van der Waals surface area contributed by atoms with Gasteiger partial charge in [-0.2, -0.15) is 18.2 Å². The van der Waals surface area contributed by atoms with Crippen LogP contribution in [0.3, 0.4) is 0 Å². The maximum absolute atomic E-state index is 13.3. The Morgan fingerprint density at radius 1 is 1.26 bits per heavy atom. The smallest absolute Gasteiger partial charge is 0.368 e. The molecule has 4 rings (SSSR count). The third-order valence-corrected chi connectivity index (χ3v) is 5.65. The molecule has 1 aliphatic heterocycles. The summed E-state index contributed by atoms with van der Waals surface area (Å²) in [7, 11) is 0. The van der Waals surface area contributed by atoms with Crippen LogP contribution in [0.1, 0.15) is 18.3 Å². The van der Waals surface area contributed by atoms with Crippen LogP contribution in [0.2, 0.25) is 0 Å². The van der Waals surface area contributed by atoms with E-state index in [1.165, 1.54) is 35.3 Å². The average molecular weight is 452 g/mol. The lowest BCUT2D eigenvalue weighted by molar-refractivity contribution is -0.140. The molecule has 2 amide bonds. The lowest BCUT2D eigenvalue weighted by Gasteiger charge is -2.40. The van der Waals surface area contributed by atoms with Crippen LogP contribution in [0.4, 0.5) is 35.4 Å². The van der Waals surface area contributed by atoms with E-state index in [0.717, 1.165) is 0 Å². The van der Waals surface area contributed by atoms with Gasteiger partial charge in [-0.25, -0.2) is 19.7 Å². The highest BCUT2D eigenvalue weighted by Crippen LogP contribution is 2.34. The first-order valence-electron chi connectivity index (χ1n) is 9.37. The van der Waals surface area contributed by atoms with Crippen LogP contribution in [0.25, 0.3) is 10.3 Å². The van der Waals surface area contributed by atoms with Crippen molar-refractivity contribution < 1.29 is 18.0 Å². The molecule has 0 spiro atoms. The number of piperazine rings is 1. The quantitative estimate of drug-likeness (QED) is 0.614. The normalized spacial score (nSPS) is 17.3. The Labute approximate surface area is 179 Å². The predicted octanol–water partition coefficient (Wildman–Crippen LogP) is 3.13. The summed E-state index contributed by atoms with van der Waals surface area (Å²) >= 11 is 1.35. The molecule has 1 saturated heterocycles. The molecule has 0 aromatic carbocycles. The van der Waals surface area contributed by atoms with Crippen LogP contribution in [0, 0.1) is 6.92 Å². The number of halogens is 3. The summed E-state index contributed by atoms with van der Waals surface area (Å²) in [6.45, 7) is 4.33. The number of hydrogen-bond donors (Lipinski definition) is 2. The number of alkyl halides is 3. The summed E-state index contributed by atoms with van der Waals surface area (Å²) in [6, 6.07) is 1.84. The number of nitrogen functional groups attached to an aromatic ring is 1. The number of nitrogens with two attached hydrogens (primary N) is 1. The number of amides is 2. The molecule has 0 unspecified atom stereocenters. The van der Waals surface area contributed by atoms with Gasteiger partial charge in [-0.15, -0.1) is 11.3 Å². The van der Waals surface area contributed by atoms with Crippen molar-refractivity contribution in [3.05, 3.63) is 29.0 Å². The van der Waals surface area contributed by atoms with E-state index >= 15 is 0 Å². The Morgan fingerprint density at radius 3 is 2.74 bits per heavy atom. The standard InChI is InChI=1S/C18H19F3N8OS/c1-9-3-4-11(13(24-9)18(19,20)21)25-17(30)28-5-6-29(10(2)7-28)14-12-15(31-8-23-12)27-16(22)26-14/h3-4,8,10H,5-7H2,1-2H3,(H,25,30)(H2,22,26,27)/t10-/m0/s1. The molecule has 3 N–H and O–H groups in total. The second kappa shape index (κ2) is 7.80. The zero-order valence-corrected chi connectivity index (χ0v) is 17.5. The van der Waals surface area contributed by atoms with Crippen LogP contribution in [0.5, 0.6) is 0 Å². The van der Waals surface area contributed by atoms with E-state index in [9.17, 15) is 18.0 Å². The topological polar surface area (TPSA) is 113 Å². The minimum Gasteiger partial charge on any atom is -0.368 e. The first-order chi connectivity index (χ1) is 14.6. The first kappa shape index (κ1) is 21.0. The number of aromatic nitrogens is 4. The second-order valence-electron chi connectivity index (χ2n) is 7.18. The second-order valence-corrected chi connectivity index (χ2v) is 8.01. The lowest BCUT2D eigenvalue weighted by Crippen LogP contribution is -2.55. The summed E-state index contributed by atoms with van der Waals surface area (Å²) in [5.41, 5.74) is 6.83. The number of carbonyl (C=O) groups excluding carboxylic acids is 1. The molecule has 0 bridgehead atoms. The van der Waals surface area contributed by atoms with E-state index in [1.54, 1.807) is 5.51 Å². The van der Waals surface area contributed by atoms with E-state index in [4.69, 9.17) is 5.73 Å². The minimum absolute atomic E-state index is 0.130. The fourth-order valence-electron chi connectivity index (χ4n) is 3.49. The van der Waals surface area contributed by atoms with Crippen LogP contribution in [0.15, 0.2) is 17.6 Å². The number of urea groups is 1. The van der Waals surface area contributed by atoms with Gasteiger partial charge in [0.25, 0.3) is 0 Å². The zero-order chi connectivity index (χ0) is 22.3. The first-order valence-corrected chi connectivity index (χ1v) is 10.3. The number of anilines is 3. The van der Waals surface area contributed by atoms with E-state index in [2.05, 4.69) is 25.3 Å². The Kier molecular flexibility index (Phi) is 5.29. The number of nitrogens with one attached hydrogen (secondary N) is 1. The number of carbonyl (C=O) groups is 1. The summed E-state index contributed by atoms with van der Waals surface area (Å²) in [6.07, 6.45) is -4.67. The molecule has 13 heteroatoms. The Balaban J connectivity index is 1.51. The highest BCUT2D eigenvalue weighted by Gasteiger charge is 2.37. The number of fused-ring (bicyclic) bond motifs is 1. The van der Waals surface area contributed by atoms with Gasteiger partial charge < -0.3 is 20.9 Å². The molecule has 1 fully saturated rings. The van der Waals surface area contributed by atoms with Crippen LogP contribution >= 0.6 is 11.3 Å². The SMILES string of the molecule is Cc1ccc(NC(=O)N2CCN(c3nc(N)nc4scnc34)[C@@H](C)C2)c(C(F)(F)F)n1. The van der Waals surface area contributed by atoms with Crippen molar-refractivity contribution in [2.45, 2.75) is 26.1 Å². The Morgan fingerprint density at radius 2 is 2.03 bits per heavy atom. The summed E-state index contributed by atoms with van der Waals surface area (Å²) < 4.78 is 39.9. The van der Waals surface area contributed by atoms with Gasteiger partial charge in [-0.05, 0) is 26.0 Å². The van der Waals surface area contributed by atoms with E-state index < -0.39 is 17.9 Å². The highest BCUT2D eigenvalue weighted by atomic mass is 32.1. The van der Waals surface area contributed by atoms with Crippen LogP contribution in [-0.2, 0) is 6.18 Å². The zero-order valence-electron chi connectivity index (χ0n) is 16.6. The number of thiazole rings is 1. The number of aryl methyl sites for hydroxylation is 1. The highest BCUT2D eigenvalue weighted by molar-refractivity contribution is 7.16. The van der Waals surface area contributed by atoms with Crippen LogP contribution < -0.4 is 16.0 Å². The number of hydrogen-bond acceptors (Lipinski definition) is 8. The van der Waals surface area contributed by atoms with Gasteiger partial charge in [-0.1, -0.05) is 0 Å². The maximum atomic E-state index is 13.3. The van der Waals surface area contributed by atoms with Crippen molar-refractivity contribution in [1.29, 1.82) is 0 Å². The van der Waals surface area contributed by atoms with Crippen LogP contribution in [-0.4, -0.2) is 56.5 Å². The number of nitrogens with zero attached hydrogens (tertiary/aromatic N) is 6. The van der Waals surface area contributed by atoms with Crippen molar-refractivity contribution in [2.24, 2.45) is 0 Å². The minimum atomic E-state index is -4.67. The molecule has 3 aromatic heterocycles. The van der Waals surface area contributed by atoms with Gasteiger partial charge in [0.05, 0.1) is 11.2 Å². The molecule has 0 radical (unpaired) electrons. The fourth-order valence-corrected chi connectivity index (χ4v) is 4.15. The Bertz CT molecular complexity index is 1130. The Hall–Kier alpha value is -3.22. The van der Waals surface area contributed by atoms with Crippen molar-refractivity contribution in [2.75, 3.05) is 35.6 Å². The lowest BCUT2D eigenvalue weighted by atomic mass is 10.2. The van der Waals surface area contributed by atoms with Gasteiger partial charge in [0.2, 0.25) is 5.95 Å². The van der Waals surface area contributed by atoms with E-state index in [0.29, 0.717) is 22.7 Å². The molecule has 9 nitrogen and oxygen atoms in total. The molecule has 3 aromatic rings. The van der Waals surface area contributed by atoms with Gasteiger partial charge in [0, 0.05) is 31.4 Å². The molecule has 1 atom stereocenters.